The maximum Gasteiger partial charge on any atom is 0.316 e. The highest BCUT2D eigenvalue weighted by Crippen LogP contribution is 2.30. The largest absolute Gasteiger partial charge is 0.496 e. The second-order valence-corrected chi connectivity index (χ2v) is 7.92. The number of methoxy groups -OCH3 is 1. The van der Waals surface area contributed by atoms with E-state index in [1.165, 1.54) is 4.90 Å². The van der Waals surface area contributed by atoms with Crippen LogP contribution in [-0.4, -0.2) is 69.0 Å². The van der Waals surface area contributed by atoms with E-state index in [0.29, 0.717) is 41.8 Å². The van der Waals surface area contributed by atoms with Crippen LogP contribution >= 0.6 is 11.6 Å². The summed E-state index contributed by atoms with van der Waals surface area (Å²) in [5.41, 5.74) is 7.02. The summed E-state index contributed by atoms with van der Waals surface area (Å²) in [6.45, 7) is 3.37. The highest BCUT2D eigenvalue weighted by molar-refractivity contribution is 6.33. The number of nitrogens with zero attached hydrogens (tertiary/aromatic N) is 2. The third-order valence-corrected chi connectivity index (χ3v) is 5.45. The molecule has 0 aliphatic carbocycles. The number of Topliss-reactive ketones (excluding diaryl/α,β-unsaturated/α-hetero) is 1. The number of hydrogen-bond acceptors (Lipinski definition) is 5. The molecule has 1 aliphatic rings. The average Bonchev–Trinajstić information content (AvgIpc) is 2.65. The molecule has 28 heavy (non-hydrogen) atoms. The number of carbonyl (C=O) groups is 2. The van der Waals surface area contributed by atoms with Crippen LogP contribution in [-0.2, 0) is 11.2 Å². The van der Waals surface area contributed by atoms with Crippen molar-refractivity contribution in [2.24, 2.45) is 5.92 Å². The van der Waals surface area contributed by atoms with Crippen molar-refractivity contribution in [2.75, 3.05) is 53.1 Å². The molecule has 156 valence electrons. The molecule has 3 N–H and O–H groups in total. The number of ketones is 1. The predicted molar refractivity (Wildman–Crippen MR) is 112 cm³/mol. The van der Waals surface area contributed by atoms with E-state index in [2.05, 4.69) is 10.2 Å². The monoisotopic (exact) mass is 410 g/mol. The van der Waals surface area contributed by atoms with Crippen molar-refractivity contribution in [3.63, 3.8) is 0 Å². The highest BCUT2D eigenvalue weighted by atomic mass is 35.5. The summed E-state index contributed by atoms with van der Waals surface area (Å²) >= 11 is 6.09. The lowest BCUT2D eigenvalue weighted by molar-refractivity contribution is -0.119. The third-order valence-electron chi connectivity index (χ3n) is 5.12. The van der Waals surface area contributed by atoms with Gasteiger partial charge in [-0.25, -0.2) is 4.79 Å². The minimum absolute atomic E-state index is 0.0707. The Morgan fingerprint density at radius 1 is 1.32 bits per heavy atom. The maximum absolute atomic E-state index is 12.5. The molecule has 0 saturated carbocycles. The molecule has 2 amide bonds. The zero-order valence-electron chi connectivity index (χ0n) is 17.0. The number of ether oxygens (including phenoxy) is 1. The van der Waals surface area contributed by atoms with Crippen molar-refractivity contribution in [2.45, 2.75) is 25.7 Å². The summed E-state index contributed by atoms with van der Waals surface area (Å²) in [6.07, 6.45) is 2.86. The molecule has 8 heteroatoms. The predicted octanol–water partition coefficient (Wildman–Crippen LogP) is 2.42. The van der Waals surface area contributed by atoms with Gasteiger partial charge in [-0.05, 0) is 37.9 Å². The third kappa shape index (κ3) is 6.56. The SMILES string of the molecule is COc1cc(N)c(Cl)cc1CC(=O)CC1CCN(CCNC(=O)N(C)C)CC1. The minimum Gasteiger partial charge on any atom is -0.496 e. The molecule has 0 spiro atoms. The zero-order chi connectivity index (χ0) is 20.7. The van der Waals surface area contributed by atoms with Crippen molar-refractivity contribution >= 4 is 29.1 Å². The normalized spacial score (nSPS) is 15.3. The molecular formula is C20H31ClN4O3. The number of likely N-dealkylation sites (tertiary alicyclic amines) is 1. The van der Waals surface area contributed by atoms with Gasteiger partial charge in [0.05, 0.1) is 17.8 Å². The fourth-order valence-electron chi connectivity index (χ4n) is 3.44. The summed E-state index contributed by atoms with van der Waals surface area (Å²) in [6, 6.07) is 3.32. The number of nitrogens with two attached hydrogens (primary N) is 1. The van der Waals surface area contributed by atoms with E-state index in [9.17, 15) is 9.59 Å². The number of hydrogen-bond donors (Lipinski definition) is 2. The molecule has 0 atom stereocenters. The molecule has 1 fully saturated rings. The first-order valence-electron chi connectivity index (χ1n) is 9.61. The van der Waals surface area contributed by atoms with Crippen molar-refractivity contribution < 1.29 is 14.3 Å². The number of halogens is 1. The number of rotatable bonds is 8. The fraction of sp³-hybridized carbons (Fsp3) is 0.600. The van der Waals surface area contributed by atoms with Crippen LogP contribution in [0.15, 0.2) is 12.1 Å². The molecule has 1 aromatic carbocycles. The van der Waals surface area contributed by atoms with Crippen molar-refractivity contribution in [1.29, 1.82) is 0 Å². The molecule has 2 rings (SSSR count). The van der Waals surface area contributed by atoms with E-state index >= 15 is 0 Å². The summed E-state index contributed by atoms with van der Waals surface area (Å²) in [5, 5.41) is 3.32. The molecule has 0 aromatic heterocycles. The van der Waals surface area contributed by atoms with E-state index in [4.69, 9.17) is 22.1 Å². The molecule has 1 saturated heterocycles. The van der Waals surface area contributed by atoms with Gasteiger partial charge in [0.15, 0.2) is 0 Å². The second kappa shape index (κ2) is 10.5. The van der Waals surface area contributed by atoms with Gasteiger partial charge in [0.25, 0.3) is 0 Å². The first-order chi connectivity index (χ1) is 13.3. The second-order valence-electron chi connectivity index (χ2n) is 7.52. The summed E-state index contributed by atoms with van der Waals surface area (Å²) < 4.78 is 5.32. The van der Waals surface area contributed by atoms with Gasteiger partial charge >= 0.3 is 6.03 Å². The van der Waals surface area contributed by atoms with Gasteiger partial charge in [-0.15, -0.1) is 0 Å². The summed E-state index contributed by atoms with van der Waals surface area (Å²) in [5.74, 6) is 1.19. The lowest BCUT2D eigenvalue weighted by Gasteiger charge is -2.31. The first-order valence-corrected chi connectivity index (χ1v) is 9.99. The van der Waals surface area contributed by atoms with E-state index in [-0.39, 0.29) is 11.8 Å². The van der Waals surface area contributed by atoms with Crippen LogP contribution in [0.2, 0.25) is 5.02 Å². The van der Waals surface area contributed by atoms with Gasteiger partial charge in [0.1, 0.15) is 11.5 Å². The van der Waals surface area contributed by atoms with Crippen LogP contribution in [0.1, 0.15) is 24.8 Å². The topological polar surface area (TPSA) is 87.9 Å². The average molecular weight is 411 g/mol. The maximum atomic E-state index is 12.5. The molecular weight excluding hydrogens is 380 g/mol. The molecule has 0 unspecified atom stereocenters. The first kappa shape index (κ1) is 22.3. The quantitative estimate of drug-likeness (QED) is 0.642. The van der Waals surface area contributed by atoms with Crippen LogP contribution in [0.25, 0.3) is 0 Å². The van der Waals surface area contributed by atoms with Crippen molar-refractivity contribution in [3.05, 3.63) is 22.7 Å². The van der Waals surface area contributed by atoms with E-state index in [1.54, 1.807) is 33.3 Å². The van der Waals surface area contributed by atoms with Gasteiger partial charge in [0, 0.05) is 51.7 Å². The Hall–Kier alpha value is -1.99. The van der Waals surface area contributed by atoms with Gasteiger partial charge in [-0.1, -0.05) is 11.6 Å². The lowest BCUT2D eigenvalue weighted by atomic mass is 9.90. The number of nitrogen functional groups attached to an aromatic ring is 1. The highest BCUT2D eigenvalue weighted by Gasteiger charge is 2.22. The van der Waals surface area contributed by atoms with Crippen LogP contribution in [0, 0.1) is 5.92 Å². The molecule has 1 aromatic rings. The van der Waals surface area contributed by atoms with Gasteiger partial charge < -0.3 is 25.6 Å². The number of amides is 2. The van der Waals surface area contributed by atoms with Crippen molar-refractivity contribution in [1.82, 2.24) is 15.1 Å². The molecule has 0 bridgehead atoms. The van der Waals surface area contributed by atoms with E-state index < -0.39 is 0 Å². The van der Waals surface area contributed by atoms with Crippen LogP contribution in [0.5, 0.6) is 5.75 Å². The number of carbonyl (C=O) groups excluding carboxylic acids is 2. The standard InChI is InChI=1S/C20H31ClN4O3/c1-24(2)20(27)23-6-9-25-7-4-14(5-8-25)10-16(26)11-15-12-17(21)18(22)13-19(15)28-3/h12-14H,4-11,22H2,1-3H3,(H,23,27). The van der Waals surface area contributed by atoms with Crippen LogP contribution in [0.3, 0.4) is 0 Å². The van der Waals surface area contributed by atoms with Gasteiger partial charge in [-0.2, -0.15) is 0 Å². The van der Waals surface area contributed by atoms with Gasteiger partial charge in [0.2, 0.25) is 0 Å². The Morgan fingerprint density at radius 2 is 2.00 bits per heavy atom. The smallest absolute Gasteiger partial charge is 0.316 e. The van der Waals surface area contributed by atoms with Crippen molar-refractivity contribution in [3.8, 4) is 5.75 Å². The van der Waals surface area contributed by atoms with Crippen LogP contribution < -0.4 is 15.8 Å². The van der Waals surface area contributed by atoms with E-state index in [1.807, 2.05) is 0 Å². The molecule has 7 nitrogen and oxygen atoms in total. The van der Waals surface area contributed by atoms with Gasteiger partial charge in [-0.3, -0.25) is 4.79 Å². The summed E-state index contributed by atoms with van der Waals surface area (Å²) in [7, 11) is 5.02. The van der Waals surface area contributed by atoms with E-state index in [0.717, 1.165) is 38.0 Å². The minimum atomic E-state index is -0.0707. The molecule has 1 aliphatic heterocycles. The lowest BCUT2D eigenvalue weighted by Crippen LogP contribution is -2.42. The Balaban J connectivity index is 1.75. The molecule has 0 radical (unpaired) electrons. The summed E-state index contributed by atoms with van der Waals surface area (Å²) in [4.78, 5) is 27.9. The Bertz CT molecular complexity index is 688. The molecule has 1 heterocycles. The number of anilines is 1. The Labute approximate surface area is 172 Å². The number of urea groups is 1. The Kier molecular flexibility index (Phi) is 8.38. The number of piperidine rings is 1. The number of benzene rings is 1. The van der Waals surface area contributed by atoms with Crippen LogP contribution in [0.4, 0.5) is 10.5 Å². The fourth-order valence-corrected chi connectivity index (χ4v) is 3.62. The Morgan fingerprint density at radius 3 is 2.61 bits per heavy atom. The zero-order valence-corrected chi connectivity index (χ0v) is 17.7. The number of nitrogens with one attached hydrogen (secondary N) is 1.